The molecule has 0 spiro atoms. The largest absolute Gasteiger partial charge is 0.441 e. The number of para-hydroxylation sites is 4. The molecule has 0 unspecified atom stereocenters. The average Bonchev–Trinajstić information content (AvgIpc) is 3.93. The van der Waals surface area contributed by atoms with Crippen LogP contribution in [0.3, 0.4) is 0 Å². The molecule has 2 aliphatic heterocycles. The number of piperidine rings is 2. The van der Waals surface area contributed by atoms with E-state index in [9.17, 15) is 0 Å². The number of benzene rings is 2. The van der Waals surface area contributed by atoms with Crippen LogP contribution in [0.4, 0.5) is 11.9 Å². The van der Waals surface area contributed by atoms with Gasteiger partial charge in [0.05, 0.1) is 47.6 Å². The Morgan fingerprint density at radius 1 is 0.600 bits per heavy atom. The fourth-order valence-electron chi connectivity index (χ4n) is 6.29. The molecule has 8 rings (SSSR count). The summed E-state index contributed by atoms with van der Waals surface area (Å²) in [6.07, 6.45) is 7.66. The molecule has 2 saturated heterocycles. The summed E-state index contributed by atoms with van der Waals surface area (Å²) in [4.78, 5) is 17.6. The zero-order valence-corrected chi connectivity index (χ0v) is 34.7. The third-order valence-electron chi connectivity index (χ3n) is 8.76. The van der Waals surface area contributed by atoms with Crippen LogP contribution in [0.25, 0.3) is 22.1 Å². The second kappa shape index (κ2) is 25.2. The van der Waals surface area contributed by atoms with Crippen molar-refractivity contribution in [3.8, 4) is 0 Å². The van der Waals surface area contributed by atoms with Gasteiger partial charge in [0.1, 0.15) is 24.7 Å². The van der Waals surface area contributed by atoms with E-state index in [0.29, 0.717) is 48.5 Å². The minimum Gasteiger partial charge on any atom is -0.441 e. The molecule has 0 aliphatic carbocycles. The van der Waals surface area contributed by atoms with Gasteiger partial charge in [-0.25, -0.2) is 19.9 Å². The van der Waals surface area contributed by atoms with Gasteiger partial charge in [-0.3, -0.25) is 0 Å². The van der Waals surface area contributed by atoms with Gasteiger partial charge in [0.25, 0.3) is 0 Å². The van der Waals surface area contributed by atoms with Crippen LogP contribution in [0.2, 0.25) is 0 Å². The fraction of sp³-hybridized carbons (Fsp3) is 0.412. The monoisotopic (exact) mass is 888 g/mol. The van der Waals surface area contributed by atoms with Crippen LogP contribution < -0.4 is 21.3 Å². The van der Waals surface area contributed by atoms with Crippen molar-refractivity contribution in [1.82, 2.24) is 39.7 Å². The maximum absolute atomic E-state index is 9.13. The molecule has 0 amide bonds. The first kappa shape index (κ1) is 51.9. The molecule has 0 bridgehead atoms. The van der Waals surface area contributed by atoms with Crippen LogP contribution in [0.5, 0.6) is 0 Å². The molecule has 6 heterocycles. The summed E-state index contributed by atoms with van der Waals surface area (Å²) in [6, 6.07) is 17.0. The lowest BCUT2D eigenvalue weighted by atomic mass is 10.1. The lowest BCUT2D eigenvalue weighted by Gasteiger charge is -2.24. The normalized spacial score (nSPS) is 13.9. The molecular weight excluding hydrogens is 841 g/mol. The molecule has 2 aromatic carbocycles. The van der Waals surface area contributed by atoms with Crippen LogP contribution in [-0.4, -0.2) is 83.0 Å². The first-order valence-electron chi connectivity index (χ1n) is 16.6. The van der Waals surface area contributed by atoms with Crippen LogP contribution >= 0.6 is 74.4 Å². The second-order valence-electron chi connectivity index (χ2n) is 12.1. The molecule has 0 atom stereocenters. The van der Waals surface area contributed by atoms with Crippen molar-refractivity contribution < 1.29 is 24.5 Å². The van der Waals surface area contributed by atoms with Gasteiger partial charge in [0.2, 0.25) is 23.7 Å². The van der Waals surface area contributed by atoms with Crippen molar-refractivity contribution in [3.05, 3.63) is 84.2 Å². The second-order valence-corrected chi connectivity index (χ2v) is 12.1. The molecule has 2 aliphatic rings. The quantitative estimate of drug-likeness (QED) is 0.105. The SMILES string of the molecule is Cl.Cl.Cl.Cl.Cl.Cl.O.OCc1ncc(Cn2c(NC3CCNCC3)nc3ccccc32)o1.OCc1ncc(Cn2c(NC3CCNCC3)nc3ccccc32)o1. The van der Waals surface area contributed by atoms with Gasteiger partial charge in [-0.05, 0) is 76.1 Å². The van der Waals surface area contributed by atoms with Crippen LogP contribution in [0.15, 0.2) is 69.8 Å². The summed E-state index contributed by atoms with van der Waals surface area (Å²) >= 11 is 0. The molecule has 6 aromatic rings. The van der Waals surface area contributed by atoms with E-state index in [0.717, 1.165) is 85.8 Å². The lowest BCUT2D eigenvalue weighted by molar-refractivity contribution is 0.236. The number of anilines is 2. The van der Waals surface area contributed by atoms with E-state index in [4.69, 9.17) is 29.0 Å². The predicted octanol–water partition coefficient (Wildman–Crippen LogP) is 5.16. The standard InChI is InChI=1S/2C17H21N5O2.6ClH.H2O/c2*23-11-16-19-9-13(24-16)10-22-15-4-2-1-3-14(15)21-17(22)20-12-5-7-18-8-6-12;;;;;;;/h2*1-4,9,12,18,23H,5-8,10-11H2,(H,20,21);6*1H;1H2. The van der Waals surface area contributed by atoms with Crippen LogP contribution in [0, 0.1) is 0 Å². The minimum absolute atomic E-state index is 0. The first-order chi connectivity index (χ1) is 23.7. The van der Waals surface area contributed by atoms with Gasteiger partial charge in [-0.15, -0.1) is 74.4 Å². The van der Waals surface area contributed by atoms with E-state index < -0.39 is 0 Å². The van der Waals surface area contributed by atoms with Gasteiger partial charge < -0.3 is 54.9 Å². The number of oxazole rings is 2. The summed E-state index contributed by atoms with van der Waals surface area (Å²) in [6.45, 7) is 4.79. The number of fused-ring (bicyclic) bond motifs is 2. The molecule has 0 saturated carbocycles. The Kier molecular flexibility index (Phi) is 23.8. The fourth-order valence-corrected chi connectivity index (χ4v) is 6.29. The highest BCUT2D eigenvalue weighted by molar-refractivity contribution is 5.86. The molecule has 2 fully saturated rings. The Balaban J connectivity index is 0.000000941. The zero-order chi connectivity index (χ0) is 32.7. The maximum atomic E-state index is 9.13. The first-order valence-corrected chi connectivity index (χ1v) is 16.6. The number of aliphatic hydroxyl groups is 2. The minimum atomic E-state index is -0.190. The van der Waals surface area contributed by atoms with Crippen LogP contribution in [0.1, 0.15) is 49.0 Å². The Morgan fingerprint density at radius 2 is 0.964 bits per heavy atom. The number of rotatable bonds is 10. The highest BCUT2D eigenvalue weighted by Gasteiger charge is 2.20. The van der Waals surface area contributed by atoms with Crippen molar-refractivity contribution >= 4 is 108 Å². The third kappa shape index (κ3) is 13.0. The summed E-state index contributed by atoms with van der Waals surface area (Å²) in [5.74, 6) is 3.78. The number of imidazole rings is 2. The number of aliphatic hydroxyl groups excluding tert-OH is 2. The Morgan fingerprint density at radius 3 is 1.31 bits per heavy atom. The third-order valence-corrected chi connectivity index (χ3v) is 8.76. The van der Waals surface area contributed by atoms with Crippen LogP contribution in [-0.2, 0) is 26.3 Å². The van der Waals surface area contributed by atoms with E-state index in [1.165, 1.54) is 0 Å². The zero-order valence-electron chi connectivity index (χ0n) is 29.8. The maximum Gasteiger partial charge on any atom is 0.220 e. The number of aromatic nitrogens is 6. The van der Waals surface area contributed by atoms with Crippen molar-refractivity contribution in [1.29, 1.82) is 0 Å². The summed E-state index contributed by atoms with van der Waals surface area (Å²) in [5.41, 5.74) is 4.01. The topological polar surface area (TPSA) is 208 Å². The number of halogens is 6. The van der Waals surface area contributed by atoms with Gasteiger partial charge in [0, 0.05) is 12.1 Å². The molecule has 55 heavy (non-hydrogen) atoms. The van der Waals surface area contributed by atoms with E-state index in [1.54, 1.807) is 12.4 Å². The highest BCUT2D eigenvalue weighted by Crippen LogP contribution is 2.25. The molecule has 308 valence electrons. The number of hydrogen-bond acceptors (Lipinski definition) is 12. The molecular formula is C34H50Cl6N10O5. The van der Waals surface area contributed by atoms with Crippen molar-refractivity contribution in [3.63, 3.8) is 0 Å². The lowest BCUT2D eigenvalue weighted by Crippen LogP contribution is -2.36. The van der Waals surface area contributed by atoms with E-state index in [-0.39, 0.29) is 93.1 Å². The van der Waals surface area contributed by atoms with Crippen molar-refractivity contribution in [2.24, 2.45) is 0 Å². The highest BCUT2D eigenvalue weighted by atomic mass is 35.5. The van der Waals surface area contributed by atoms with E-state index >= 15 is 0 Å². The van der Waals surface area contributed by atoms with Crippen molar-refractivity contribution in [2.75, 3.05) is 36.8 Å². The van der Waals surface area contributed by atoms with Crippen molar-refractivity contribution in [2.45, 2.75) is 64.1 Å². The molecule has 15 nitrogen and oxygen atoms in total. The van der Waals surface area contributed by atoms with Gasteiger partial charge in [0.15, 0.2) is 0 Å². The molecule has 8 N–H and O–H groups in total. The van der Waals surface area contributed by atoms with Gasteiger partial charge in [-0.1, -0.05) is 24.3 Å². The van der Waals surface area contributed by atoms with Gasteiger partial charge >= 0.3 is 0 Å². The number of hydrogen-bond donors (Lipinski definition) is 6. The summed E-state index contributed by atoms with van der Waals surface area (Å²) in [7, 11) is 0. The predicted molar refractivity (Wildman–Crippen MR) is 229 cm³/mol. The molecule has 21 heteroatoms. The summed E-state index contributed by atoms with van der Waals surface area (Å²) < 4.78 is 15.3. The Bertz CT molecular complexity index is 1810. The number of nitrogens with zero attached hydrogens (tertiary/aromatic N) is 6. The average molecular weight is 892 g/mol. The smallest absolute Gasteiger partial charge is 0.220 e. The van der Waals surface area contributed by atoms with Gasteiger partial charge in [-0.2, -0.15) is 0 Å². The molecule has 0 radical (unpaired) electrons. The number of nitrogens with one attached hydrogen (secondary N) is 4. The summed E-state index contributed by atoms with van der Waals surface area (Å²) in [5, 5.41) is 32.2. The Labute approximate surface area is 356 Å². The Hall–Kier alpha value is -3.06. The van der Waals surface area contributed by atoms with E-state index in [2.05, 4.69) is 52.5 Å². The molecule has 4 aromatic heterocycles. The van der Waals surface area contributed by atoms with E-state index in [1.807, 2.05) is 36.4 Å².